The first-order valence-electron chi connectivity index (χ1n) is 4.31. The van der Waals surface area contributed by atoms with Crippen LogP contribution in [0.15, 0.2) is 24.3 Å². The first-order valence-corrected chi connectivity index (χ1v) is 4.31. The van der Waals surface area contributed by atoms with Crippen LogP contribution >= 0.6 is 0 Å². The van der Waals surface area contributed by atoms with E-state index in [2.05, 4.69) is 0 Å². The van der Waals surface area contributed by atoms with Crippen LogP contribution < -0.4 is 0 Å². The lowest BCUT2D eigenvalue weighted by molar-refractivity contribution is -0.170. The van der Waals surface area contributed by atoms with Gasteiger partial charge in [-0.05, 0) is 29.5 Å². The molecule has 0 unspecified atom stereocenters. The van der Waals surface area contributed by atoms with Crippen LogP contribution in [0.3, 0.4) is 0 Å². The number of rotatable bonds is 0. The van der Waals surface area contributed by atoms with E-state index < -0.39 is 11.7 Å². The summed E-state index contributed by atoms with van der Waals surface area (Å²) in [6, 6.07) is 6.75. The standard InChI is InChI=1S/C10H9F3N/c11-10(12,13)9(14)5-7-3-1-2-4-8(7)6-9/h1-4,14H,5-6H2/q-1. The number of hydrogen-bond acceptors (Lipinski definition) is 0. The first kappa shape index (κ1) is 9.52. The maximum atomic E-state index is 12.5. The normalized spacial score (nSPS) is 19.4. The van der Waals surface area contributed by atoms with E-state index in [1.165, 1.54) is 0 Å². The van der Waals surface area contributed by atoms with Gasteiger partial charge in [-0.15, -0.1) is 0 Å². The Kier molecular flexibility index (Phi) is 1.86. The van der Waals surface area contributed by atoms with Crippen LogP contribution in [-0.4, -0.2) is 11.7 Å². The quantitative estimate of drug-likeness (QED) is 0.614. The maximum Gasteiger partial charge on any atom is 0.376 e. The van der Waals surface area contributed by atoms with Crippen molar-refractivity contribution in [1.82, 2.24) is 0 Å². The van der Waals surface area contributed by atoms with Gasteiger partial charge in [0.2, 0.25) is 0 Å². The van der Waals surface area contributed by atoms with Crippen LogP contribution in [0.4, 0.5) is 13.2 Å². The van der Waals surface area contributed by atoms with Crippen molar-refractivity contribution in [3.05, 3.63) is 41.1 Å². The minimum atomic E-state index is -4.44. The van der Waals surface area contributed by atoms with E-state index >= 15 is 0 Å². The van der Waals surface area contributed by atoms with Gasteiger partial charge in [0.05, 0.1) is 0 Å². The Labute approximate surface area is 79.7 Å². The van der Waals surface area contributed by atoms with Crippen LogP contribution in [0.5, 0.6) is 0 Å². The zero-order valence-electron chi connectivity index (χ0n) is 7.36. The Bertz CT molecular complexity index is 332. The lowest BCUT2D eigenvalue weighted by Crippen LogP contribution is -2.42. The van der Waals surface area contributed by atoms with Crippen LogP contribution in [0.1, 0.15) is 11.1 Å². The molecule has 1 aliphatic rings. The van der Waals surface area contributed by atoms with E-state index in [0.717, 1.165) is 0 Å². The molecule has 4 heteroatoms. The summed E-state index contributed by atoms with van der Waals surface area (Å²) in [6.45, 7) is 0. The maximum absolute atomic E-state index is 12.5. The molecule has 1 N–H and O–H groups in total. The van der Waals surface area contributed by atoms with Gasteiger partial charge in [-0.2, -0.15) is 13.2 Å². The fraction of sp³-hybridized carbons (Fsp3) is 0.400. The zero-order chi connectivity index (χ0) is 10.4. The average molecular weight is 200 g/mol. The molecule has 0 spiro atoms. The molecule has 0 radical (unpaired) electrons. The van der Waals surface area contributed by atoms with E-state index in [1.54, 1.807) is 24.3 Å². The predicted octanol–water partition coefficient (Wildman–Crippen LogP) is 3.14. The average Bonchev–Trinajstić information content (AvgIpc) is 2.40. The molecule has 14 heavy (non-hydrogen) atoms. The molecular formula is C10H9F3N-. The number of halogens is 3. The summed E-state index contributed by atoms with van der Waals surface area (Å²) in [7, 11) is 0. The number of alkyl halides is 3. The van der Waals surface area contributed by atoms with Crippen molar-refractivity contribution >= 4 is 0 Å². The summed E-state index contributed by atoms with van der Waals surface area (Å²) >= 11 is 0. The van der Waals surface area contributed by atoms with Crippen molar-refractivity contribution in [2.75, 3.05) is 0 Å². The third-order valence-corrected chi connectivity index (χ3v) is 2.65. The molecule has 2 rings (SSSR count). The molecule has 1 aliphatic carbocycles. The second-order valence-corrected chi connectivity index (χ2v) is 3.70. The van der Waals surface area contributed by atoms with Gasteiger partial charge in [0.1, 0.15) is 0 Å². The number of hydrogen-bond donors (Lipinski definition) is 0. The molecule has 1 aromatic carbocycles. The van der Waals surface area contributed by atoms with Crippen molar-refractivity contribution < 1.29 is 13.2 Å². The van der Waals surface area contributed by atoms with Crippen LogP contribution in [0.25, 0.3) is 5.73 Å². The van der Waals surface area contributed by atoms with Gasteiger partial charge >= 0.3 is 6.18 Å². The van der Waals surface area contributed by atoms with E-state index in [-0.39, 0.29) is 12.8 Å². The van der Waals surface area contributed by atoms with Crippen molar-refractivity contribution in [2.24, 2.45) is 0 Å². The lowest BCUT2D eigenvalue weighted by atomic mass is 9.97. The van der Waals surface area contributed by atoms with Crippen molar-refractivity contribution in [3.8, 4) is 0 Å². The Morgan fingerprint density at radius 2 is 1.50 bits per heavy atom. The molecular weight excluding hydrogens is 191 g/mol. The monoisotopic (exact) mass is 200 g/mol. The number of benzene rings is 1. The molecule has 0 saturated carbocycles. The summed E-state index contributed by atoms with van der Waals surface area (Å²) in [5, 5.41) is 0. The third-order valence-electron chi connectivity index (χ3n) is 2.65. The highest BCUT2D eigenvalue weighted by atomic mass is 19.4. The molecule has 1 nitrogen and oxygen atoms in total. The summed E-state index contributed by atoms with van der Waals surface area (Å²) < 4.78 is 37.6. The van der Waals surface area contributed by atoms with E-state index in [0.29, 0.717) is 11.1 Å². The second kappa shape index (κ2) is 2.73. The van der Waals surface area contributed by atoms with E-state index in [9.17, 15) is 13.2 Å². The second-order valence-electron chi connectivity index (χ2n) is 3.70. The van der Waals surface area contributed by atoms with Crippen molar-refractivity contribution in [1.29, 1.82) is 0 Å². The summed E-state index contributed by atoms with van der Waals surface area (Å²) in [5.41, 5.74) is 6.39. The fourth-order valence-electron chi connectivity index (χ4n) is 1.82. The fourth-order valence-corrected chi connectivity index (χ4v) is 1.82. The molecule has 0 aromatic heterocycles. The Hall–Kier alpha value is -1.03. The Morgan fingerprint density at radius 3 is 1.86 bits per heavy atom. The highest BCUT2D eigenvalue weighted by Gasteiger charge is 2.48. The molecule has 0 amide bonds. The van der Waals surface area contributed by atoms with E-state index in [4.69, 9.17) is 5.73 Å². The van der Waals surface area contributed by atoms with Crippen LogP contribution in [0.2, 0.25) is 0 Å². The summed E-state index contributed by atoms with van der Waals surface area (Å²) in [5.74, 6) is 0. The zero-order valence-corrected chi connectivity index (χ0v) is 7.36. The van der Waals surface area contributed by atoms with Gasteiger partial charge in [-0.3, -0.25) is 0 Å². The molecule has 0 heterocycles. The van der Waals surface area contributed by atoms with Gasteiger partial charge in [0, 0.05) is 0 Å². The molecule has 0 fully saturated rings. The number of nitrogens with one attached hydrogen (secondary N) is 1. The topological polar surface area (TPSA) is 23.8 Å². The molecule has 0 aliphatic heterocycles. The largest absolute Gasteiger partial charge is 0.664 e. The molecule has 0 atom stereocenters. The van der Waals surface area contributed by atoms with Gasteiger partial charge < -0.3 is 5.73 Å². The van der Waals surface area contributed by atoms with Gasteiger partial charge in [-0.25, -0.2) is 0 Å². The summed E-state index contributed by atoms with van der Waals surface area (Å²) in [6.07, 6.45) is -4.87. The molecule has 0 bridgehead atoms. The highest BCUT2D eigenvalue weighted by molar-refractivity contribution is 5.38. The molecule has 76 valence electrons. The SMILES string of the molecule is [NH-]C1(C(F)(F)F)Cc2ccccc2C1. The molecule has 0 saturated heterocycles. The van der Waals surface area contributed by atoms with Crippen LogP contribution in [0, 0.1) is 0 Å². The van der Waals surface area contributed by atoms with Gasteiger partial charge in [0.25, 0.3) is 0 Å². The smallest absolute Gasteiger partial charge is 0.376 e. The number of fused-ring (bicyclic) bond motifs is 1. The van der Waals surface area contributed by atoms with Crippen molar-refractivity contribution in [3.63, 3.8) is 0 Å². The summed E-state index contributed by atoms with van der Waals surface area (Å²) in [4.78, 5) is 0. The predicted molar refractivity (Wildman–Crippen MR) is 47.0 cm³/mol. The van der Waals surface area contributed by atoms with E-state index in [1.807, 2.05) is 0 Å². The van der Waals surface area contributed by atoms with Crippen LogP contribution in [-0.2, 0) is 12.8 Å². The van der Waals surface area contributed by atoms with Gasteiger partial charge in [0.15, 0.2) is 0 Å². The Balaban J connectivity index is 2.35. The Morgan fingerprint density at radius 1 is 1.07 bits per heavy atom. The minimum absolute atomic E-state index is 0.216. The molecule has 1 aromatic rings. The lowest BCUT2D eigenvalue weighted by Gasteiger charge is -2.36. The minimum Gasteiger partial charge on any atom is -0.664 e. The van der Waals surface area contributed by atoms with Gasteiger partial charge in [-0.1, -0.05) is 24.3 Å². The third kappa shape index (κ3) is 1.30. The first-order chi connectivity index (χ1) is 6.42. The van der Waals surface area contributed by atoms with Crippen molar-refractivity contribution in [2.45, 2.75) is 24.6 Å². The highest BCUT2D eigenvalue weighted by Crippen LogP contribution is 2.43.